The summed E-state index contributed by atoms with van der Waals surface area (Å²) in [5, 5.41) is 0. The lowest BCUT2D eigenvalue weighted by molar-refractivity contribution is 0.496. The van der Waals surface area contributed by atoms with Crippen molar-refractivity contribution >= 4 is 15.9 Å². The first-order valence-electron chi connectivity index (χ1n) is 6.12. The van der Waals surface area contributed by atoms with Gasteiger partial charge in [0.25, 0.3) is 0 Å². The molecule has 1 heterocycles. The molecule has 3 N–H and O–H groups in total. The average molecular weight is 308 g/mol. The van der Waals surface area contributed by atoms with E-state index in [4.69, 9.17) is 5.73 Å². The number of benzene rings is 1. The summed E-state index contributed by atoms with van der Waals surface area (Å²) in [4.78, 5) is 7.68. The van der Waals surface area contributed by atoms with E-state index in [1.165, 1.54) is 0 Å². The Morgan fingerprint density at radius 2 is 1.94 bits per heavy atom. The molecule has 1 aromatic carbocycles. The van der Waals surface area contributed by atoms with Gasteiger partial charge in [0.1, 0.15) is 5.82 Å². The van der Waals surface area contributed by atoms with Gasteiger partial charge in [0.2, 0.25) is 0 Å². The van der Waals surface area contributed by atoms with E-state index in [0.29, 0.717) is 5.92 Å². The number of H-pyrrole nitrogens is 1. The van der Waals surface area contributed by atoms with Gasteiger partial charge in [-0.25, -0.2) is 4.98 Å². The first kappa shape index (κ1) is 13.3. The number of aromatic nitrogens is 2. The van der Waals surface area contributed by atoms with Gasteiger partial charge in [0.05, 0.1) is 17.9 Å². The SMILES string of the molecule is CC(C)CC(N)c1ncc(-c2ccc(Br)cc2)[nH]1. The van der Waals surface area contributed by atoms with Crippen LogP contribution in [0.15, 0.2) is 34.9 Å². The maximum Gasteiger partial charge on any atom is 0.123 e. The van der Waals surface area contributed by atoms with Crippen molar-refractivity contribution < 1.29 is 0 Å². The predicted octanol–water partition coefficient (Wildman–Crippen LogP) is 3.89. The van der Waals surface area contributed by atoms with Crippen LogP contribution in [0, 0.1) is 5.92 Å². The smallest absolute Gasteiger partial charge is 0.123 e. The molecule has 0 bridgehead atoms. The highest BCUT2D eigenvalue weighted by Gasteiger charge is 2.12. The van der Waals surface area contributed by atoms with Crippen molar-refractivity contribution in [3.8, 4) is 11.3 Å². The van der Waals surface area contributed by atoms with Gasteiger partial charge in [-0.05, 0) is 30.0 Å². The van der Waals surface area contributed by atoms with Crippen molar-refractivity contribution in [1.82, 2.24) is 9.97 Å². The highest BCUT2D eigenvalue weighted by atomic mass is 79.9. The summed E-state index contributed by atoms with van der Waals surface area (Å²) in [7, 11) is 0. The fraction of sp³-hybridized carbons (Fsp3) is 0.357. The molecule has 1 aromatic heterocycles. The lowest BCUT2D eigenvalue weighted by atomic mass is 10.0. The van der Waals surface area contributed by atoms with Gasteiger partial charge in [0.15, 0.2) is 0 Å². The number of imidazole rings is 1. The molecule has 0 amide bonds. The molecule has 0 spiro atoms. The molecule has 4 heteroatoms. The minimum absolute atomic E-state index is 0.0193. The van der Waals surface area contributed by atoms with Gasteiger partial charge in [-0.2, -0.15) is 0 Å². The monoisotopic (exact) mass is 307 g/mol. The van der Waals surface area contributed by atoms with E-state index in [9.17, 15) is 0 Å². The Balaban J connectivity index is 2.17. The van der Waals surface area contributed by atoms with E-state index in [-0.39, 0.29) is 6.04 Å². The molecule has 0 radical (unpaired) electrons. The summed E-state index contributed by atoms with van der Waals surface area (Å²) in [6.07, 6.45) is 2.78. The van der Waals surface area contributed by atoms with Crippen molar-refractivity contribution in [3.05, 3.63) is 40.8 Å². The number of aromatic amines is 1. The molecule has 96 valence electrons. The average Bonchev–Trinajstić information content (AvgIpc) is 2.78. The molecule has 0 aliphatic heterocycles. The number of nitrogens with one attached hydrogen (secondary N) is 1. The Kier molecular flexibility index (Phi) is 4.19. The minimum atomic E-state index is -0.0193. The standard InChI is InChI=1S/C14H18BrN3/c1-9(2)7-12(16)14-17-8-13(18-14)10-3-5-11(15)6-4-10/h3-6,8-9,12H,7,16H2,1-2H3,(H,17,18). The van der Waals surface area contributed by atoms with E-state index in [1.54, 1.807) is 0 Å². The van der Waals surface area contributed by atoms with Crippen molar-refractivity contribution in [1.29, 1.82) is 0 Å². The number of halogens is 1. The Hall–Kier alpha value is -1.13. The van der Waals surface area contributed by atoms with Crippen LogP contribution in [0.3, 0.4) is 0 Å². The summed E-state index contributed by atoms with van der Waals surface area (Å²) >= 11 is 3.43. The van der Waals surface area contributed by atoms with Crippen LogP contribution >= 0.6 is 15.9 Å². The molecular weight excluding hydrogens is 290 g/mol. The molecule has 2 rings (SSSR count). The Labute approximate surface area is 116 Å². The first-order valence-corrected chi connectivity index (χ1v) is 6.92. The number of hydrogen-bond acceptors (Lipinski definition) is 2. The highest BCUT2D eigenvalue weighted by Crippen LogP contribution is 2.22. The van der Waals surface area contributed by atoms with Crippen LogP contribution in [-0.2, 0) is 0 Å². The summed E-state index contributed by atoms with van der Waals surface area (Å²) in [5.74, 6) is 1.43. The van der Waals surface area contributed by atoms with Crippen LogP contribution in [0.1, 0.15) is 32.1 Å². The minimum Gasteiger partial charge on any atom is -0.341 e. The van der Waals surface area contributed by atoms with E-state index in [1.807, 2.05) is 18.3 Å². The fourth-order valence-corrected chi connectivity index (χ4v) is 2.19. The summed E-state index contributed by atoms with van der Waals surface area (Å²) in [6, 6.07) is 8.12. The molecule has 0 saturated carbocycles. The van der Waals surface area contributed by atoms with Crippen LogP contribution in [0.5, 0.6) is 0 Å². The van der Waals surface area contributed by atoms with E-state index >= 15 is 0 Å². The normalized spacial score (nSPS) is 12.9. The van der Waals surface area contributed by atoms with Gasteiger partial charge in [-0.1, -0.05) is 41.9 Å². The van der Waals surface area contributed by atoms with Crippen LogP contribution in [0.4, 0.5) is 0 Å². The van der Waals surface area contributed by atoms with Crippen LogP contribution in [0.25, 0.3) is 11.3 Å². The van der Waals surface area contributed by atoms with Gasteiger partial charge >= 0.3 is 0 Å². The van der Waals surface area contributed by atoms with Crippen LogP contribution in [-0.4, -0.2) is 9.97 Å². The second kappa shape index (κ2) is 5.67. The maximum atomic E-state index is 6.11. The third kappa shape index (κ3) is 3.21. The molecule has 0 aliphatic carbocycles. The van der Waals surface area contributed by atoms with E-state index < -0.39 is 0 Å². The Morgan fingerprint density at radius 3 is 2.56 bits per heavy atom. The molecule has 1 atom stereocenters. The van der Waals surface area contributed by atoms with Crippen molar-refractivity contribution in [2.45, 2.75) is 26.3 Å². The predicted molar refractivity (Wildman–Crippen MR) is 78.1 cm³/mol. The van der Waals surface area contributed by atoms with Crippen LogP contribution in [0.2, 0.25) is 0 Å². The van der Waals surface area contributed by atoms with E-state index in [0.717, 1.165) is 28.0 Å². The molecule has 0 saturated heterocycles. The fourth-order valence-electron chi connectivity index (χ4n) is 1.92. The second-order valence-corrected chi connectivity index (χ2v) is 5.84. The number of nitrogens with two attached hydrogens (primary N) is 1. The topological polar surface area (TPSA) is 54.7 Å². The van der Waals surface area contributed by atoms with Crippen LogP contribution < -0.4 is 5.73 Å². The zero-order chi connectivity index (χ0) is 13.1. The van der Waals surface area contributed by atoms with Crippen molar-refractivity contribution in [3.63, 3.8) is 0 Å². The lowest BCUT2D eigenvalue weighted by Crippen LogP contribution is -2.14. The largest absolute Gasteiger partial charge is 0.341 e. The maximum absolute atomic E-state index is 6.11. The number of hydrogen-bond donors (Lipinski definition) is 2. The lowest BCUT2D eigenvalue weighted by Gasteiger charge is -2.10. The van der Waals surface area contributed by atoms with Gasteiger partial charge < -0.3 is 10.7 Å². The molecule has 2 aromatic rings. The van der Waals surface area contributed by atoms with Gasteiger partial charge in [-0.3, -0.25) is 0 Å². The Bertz CT molecular complexity index is 502. The number of nitrogens with zero attached hydrogens (tertiary/aromatic N) is 1. The second-order valence-electron chi connectivity index (χ2n) is 4.93. The third-order valence-corrected chi connectivity index (χ3v) is 3.36. The number of rotatable bonds is 4. The zero-order valence-corrected chi connectivity index (χ0v) is 12.2. The van der Waals surface area contributed by atoms with Crippen molar-refractivity contribution in [2.24, 2.45) is 11.7 Å². The summed E-state index contributed by atoms with van der Waals surface area (Å²) < 4.78 is 1.07. The van der Waals surface area contributed by atoms with Gasteiger partial charge in [0, 0.05) is 4.47 Å². The third-order valence-electron chi connectivity index (χ3n) is 2.83. The summed E-state index contributed by atoms with van der Waals surface area (Å²) in [5.41, 5.74) is 8.24. The summed E-state index contributed by atoms with van der Waals surface area (Å²) in [6.45, 7) is 4.33. The molecular formula is C14H18BrN3. The molecule has 1 unspecified atom stereocenters. The Morgan fingerprint density at radius 1 is 1.28 bits per heavy atom. The highest BCUT2D eigenvalue weighted by molar-refractivity contribution is 9.10. The molecule has 0 fully saturated rings. The first-order chi connectivity index (χ1) is 8.56. The molecule has 18 heavy (non-hydrogen) atoms. The van der Waals surface area contributed by atoms with E-state index in [2.05, 4.69) is 51.9 Å². The van der Waals surface area contributed by atoms with Gasteiger partial charge in [-0.15, -0.1) is 0 Å². The molecule has 3 nitrogen and oxygen atoms in total. The van der Waals surface area contributed by atoms with Crippen molar-refractivity contribution in [2.75, 3.05) is 0 Å². The quantitative estimate of drug-likeness (QED) is 0.900. The molecule has 0 aliphatic rings. The zero-order valence-electron chi connectivity index (χ0n) is 10.7.